The molecule has 0 bridgehead atoms. The number of nitriles is 3. The van der Waals surface area contributed by atoms with Gasteiger partial charge in [0.05, 0.1) is 7.11 Å². The summed E-state index contributed by atoms with van der Waals surface area (Å²) in [6, 6.07) is 11.1. The van der Waals surface area contributed by atoms with E-state index in [2.05, 4.69) is 10.3 Å². The molecule has 0 saturated carbocycles. The standard InChI is InChI=1S/C15H9N5O2S/c1-22-11-4-2-9(3-5-11)13-14(21)23-15(20-13)19-12(8-18)10(6-16)7-17/h2-5,13H,1H3,(H,19,20). The summed E-state index contributed by atoms with van der Waals surface area (Å²) in [7, 11) is 1.55. The van der Waals surface area contributed by atoms with Crippen LogP contribution in [-0.4, -0.2) is 17.4 Å². The quantitative estimate of drug-likeness (QED) is 0.841. The Hall–Kier alpha value is -3.28. The number of thioether (sulfide) groups is 1. The summed E-state index contributed by atoms with van der Waals surface area (Å²) < 4.78 is 5.06. The molecule has 1 unspecified atom stereocenters. The summed E-state index contributed by atoms with van der Waals surface area (Å²) >= 11 is 0.825. The second-order valence-corrected chi connectivity index (χ2v) is 5.23. The number of hydrogen-bond acceptors (Lipinski definition) is 8. The summed E-state index contributed by atoms with van der Waals surface area (Å²) in [4.78, 5) is 16.3. The van der Waals surface area contributed by atoms with Gasteiger partial charge in [0.15, 0.2) is 10.7 Å². The Balaban J connectivity index is 2.25. The normalized spacial score (nSPS) is 15.7. The van der Waals surface area contributed by atoms with Crippen LogP contribution in [0.1, 0.15) is 11.6 Å². The SMILES string of the molecule is COc1ccc(C2N=C(NC(C#N)=C(C#N)C#N)SC2=O)cc1. The molecule has 0 aliphatic carbocycles. The zero-order valence-electron chi connectivity index (χ0n) is 11.9. The van der Waals surface area contributed by atoms with Gasteiger partial charge in [-0.3, -0.25) is 4.79 Å². The van der Waals surface area contributed by atoms with Gasteiger partial charge in [-0.25, -0.2) is 4.99 Å². The lowest BCUT2D eigenvalue weighted by Crippen LogP contribution is -2.19. The van der Waals surface area contributed by atoms with Gasteiger partial charge in [-0.15, -0.1) is 0 Å². The van der Waals surface area contributed by atoms with Gasteiger partial charge in [0, 0.05) is 0 Å². The fourth-order valence-corrected chi connectivity index (χ4v) is 2.59. The lowest BCUT2D eigenvalue weighted by atomic mass is 10.1. The lowest BCUT2D eigenvalue weighted by molar-refractivity contribution is -0.111. The number of allylic oxidation sites excluding steroid dienone is 2. The maximum atomic E-state index is 12.1. The molecule has 8 heteroatoms. The zero-order valence-corrected chi connectivity index (χ0v) is 12.7. The van der Waals surface area contributed by atoms with Gasteiger partial charge in [-0.05, 0) is 29.5 Å². The van der Waals surface area contributed by atoms with E-state index in [0.29, 0.717) is 11.3 Å². The third-order valence-electron chi connectivity index (χ3n) is 2.92. The van der Waals surface area contributed by atoms with E-state index in [1.54, 1.807) is 49.6 Å². The maximum absolute atomic E-state index is 12.1. The number of nitrogens with zero attached hydrogens (tertiary/aromatic N) is 4. The summed E-state index contributed by atoms with van der Waals surface area (Å²) in [5, 5.41) is 29.1. The van der Waals surface area contributed by atoms with E-state index in [4.69, 9.17) is 20.5 Å². The molecule has 23 heavy (non-hydrogen) atoms. The molecule has 0 saturated heterocycles. The van der Waals surface area contributed by atoms with Crippen molar-refractivity contribution in [1.82, 2.24) is 5.32 Å². The van der Waals surface area contributed by atoms with Crippen LogP contribution in [-0.2, 0) is 4.79 Å². The van der Waals surface area contributed by atoms with Crippen molar-refractivity contribution >= 4 is 22.0 Å². The highest BCUT2D eigenvalue weighted by atomic mass is 32.2. The molecule has 0 amide bonds. The van der Waals surface area contributed by atoms with Crippen LogP contribution in [0.4, 0.5) is 0 Å². The van der Waals surface area contributed by atoms with Crippen molar-refractivity contribution in [2.45, 2.75) is 6.04 Å². The Morgan fingerprint density at radius 3 is 2.39 bits per heavy atom. The second kappa shape index (κ2) is 7.13. The summed E-state index contributed by atoms with van der Waals surface area (Å²) in [6.07, 6.45) is 0. The minimum absolute atomic E-state index is 0.176. The van der Waals surface area contributed by atoms with Crippen molar-refractivity contribution in [1.29, 1.82) is 15.8 Å². The number of carbonyl (C=O) groups excluding carboxylic acids is 1. The number of benzene rings is 1. The first kappa shape index (κ1) is 16.1. The first-order chi connectivity index (χ1) is 11.1. The van der Waals surface area contributed by atoms with Crippen LogP contribution in [0.3, 0.4) is 0 Å². The fourth-order valence-electron chi connectivity index (χ4n) is 1.79. The molecule has 1 aliphatic rings. The average molecular weight is 323 g/mol. The largest absolute Gasteiger partial charge is 0.497 e. The van der Waals surface area contributed by atoms with Gasteiger partial charge >= 0.3 is 0 Å². The number of methoxy groups -OCH3 is 1. The number of aliphatic imine (C=N–C) groups is 1. The molecule has 0 fully saturated rings. The van der Waals surface area contributed by atoms with Crippen LogP contribution in [0, 0.1) is 34.0 Å². The molecule has 1 aliphatic heterocycles. The van der Waals surface area contributed by atoms with Crippen molar-refractivity contribution in [3.63, 3.8) is 0 Å². The molecule has 2 rings (SSSR count). The van der Waals surface area contributed by atoms with Gasteiger partial charge in [-0.2, -0.15) is 15.8 Å². The second-order valence-electron chi connectivity index (χ2n) is 4.24. The molecule has 1 heterocycles. The minimum Gasteiger partial charge on any atom is -0.497 e. The molecule has 112 valence electrons. The van der Waals surface area contributed by atoms with Gasteiger partial charge in [0.25, 0.3) is 0 Å². The van der Waals surface area contributed by atoms with E-state index in [-0.39, 0.29) is 21.6 Å². The van der Waals surface area contributed by atoms with Gasteiger partial charge in [0.1, 0.15) is 35.7 Å². The maximum Gasteiger partial charge on any atom is 0.225 e. The molecule has 0 spiro atoms. The molecular weight excluding hydrogens is 314 g/mol. The Morgan fingerprint density at radius 2 is 1.87 bits per heavy atom. The summed E-state index contributed by atoms with van der Waals surface area (Å²) in [6.45, 7) is 0. The highest BCUT2D eigenvalue weighted by Gasteiger charge is 2.30. The van der Waals surface area contributed by atoms with Gasteiger partial charge in [0.2, 0.25) is 5.12 Å². The minimum atomic E-state index is -0.707. The summed E-state index contributed by atoms with van der Waals surface area (Å²) in [5.74, 6) is 0.663. The van der Waals surface area contributed by atoms with E-state index in [1.165, 1.54) is 0 Å². The zero-order chi connectivity index (χ0) is 16.8. The van der Waals surface area contributed by atoms with Crippen molar-refractivity contribution < 1.29 is 9.53 Å². The van der Waals surface area contributed by atoms with E-state index in [1.807, 2.05) is 0 Å². The first-order valence-electron chi connectivity index (χ1n) is 6.28. The fraction of sp³-hybridized carbons (Fsp3) is 0.133. The number of rotatable bonds is 3. The molecular formula is C15H9N5O2S. The molecule has 7 nitrogen and oxygen atoms in total. The molecule has 1 atom stereocenters. The molecule has 0 radical (unpaired) electrons. The van der Waals surface area contributed by atoms with E-state index in [9.17, 15) is 4.79 Å². The number of amidine groups is 1. The highest BCUT2D eigenvalue weighted by Crippen LogP contribution is 2.32. The Bertz CT molecular complexity index is 805. The van der Waals surface area contributed by atoms with Gasteiger partial charge < -0.3 is 10.1 Å². The van der Waals surface area contributed by atoms with Crippen LogP contribution < -0.4 is 10.1 Å². The van der Waals surface area contributed by atoms with E-state index in [0.717, 1.165) is 11.8 Å². The summed E-state index contributed by atoms with van der Waals surface area (Å²) in [5.41, 5.74) is 0.0870. The van der Waals surface area contributed by atoms with Crippen molar-refractivity contribution in [3.05, 3.63) is 41.1 Å². The van der Waals surface area contributed by atoms with Gasteiger partial charge in [-0.1, -0.05) is 12.1 Å². The Kier molecular flexibility index (Phi) is 4.99. The van der Waals surface area contributed by atoms with Crippen molar-refractivity contribution in [2.75, 3.05) is 7.11 Å². The molecule has 1 aromatic rings. The molecule has 1 N–H and O–H groups in total. The Labute approximate surface area is 136 Å². The van der Waals surface area contributed by atoms with E-state index < -0.39 is 6.04 Å². The average Bonchev–Trinajstić information content (AvgIpc) is 2.95. The number of nitrogens with one attached hydrogen (secondary N) is 1. The molecule has 1 aromatic carbocycles. The monoisotopic (exact) mass is 323 g/mol. The predicted octanol–water partition coefficient (Wildman–Crippen LogP) is 1.78. The Morgan fingerprint density at radius 1 is 1.22 bits per heavy atom. The smallest absolute Gasteiger partial charge is 0.225 e. The number of ether oxygens (including phenoxy) is 1. The third-order valence-corrected chi connectivity index (χ3v) is 3.74. The van der Waals surface area contributed by atoms with E-state index >= 15 is 0 Å². The van der Waals surface area contributed by atoms with Crippen LogP contribution in [0.25, 0.3) is 0 Å². The number of carbonyl (C=O) groups is 1. The van der Waals surface area contributed by atoms with Crippen molar-refractivity contribution in [3.8, 4) is 24.0 Å². The number of hydrogen-bond donors (Lipinski definition) is 1. The topological polar surface area (TPSA) is 122 Å². The molecule has 0 aromatic heterocycles. The third kappa shape index (κ3) is 3.49. The first-order valence-corrected chi connectivity index (χ1v) is 7.09. The van der Waals surface area contributed by atoms with Crippen LogP contribution in [0.2, 0.25) is 0 Å². The van der Waals surface area contributed by atoms with Crippen LogP contribution in [0.5, 0.6) is 5.75 Å². The van der Waals surface area contributed by atoms with Crippen LogP contribution in [0.15, 0.2) is 40.5 Å². The predicted molar refractivity (Wildman–Crippen MR) is 82.8 cm³/mol. The van der Waals surface area contributed by atoms with Crippen molar-refractivity contribution in [2.24, 2.45) is 4.99 Å². The highest BCUT2D eigenvalue weighted by molar-refractivity contribution is 8.26. The van der Waals surface area contributed by atoms with Crippen LogP contribution >= 0.6 is 11.8 Å². The lowest BCUT2D eigenvalue weighted by Gasteiger charge is -2.05.